The van der Waals surface area contributed by atoms with Crippen molar-refractivity contribution >= 4 is 0 Å². The Morgan fingerprint density at radius 1 is 1.00 bits per heavy atom. The van der Waals surface area contributed by atoms with Gasteiger partial charge < -0.3 is 5.11 Å². The van der Waals surface area contributed by atoms with E-state index in [9.17, 15) is 5.11 Å². The van der Waals surface area contributed by atoms with Crippen molar-refractivity contribution in [2.24, 2.45) is 0 Å². The lowest BCUT2D eigenvalue weighted by Crippen LogP contribution is -2.25. The molecule has 0 saturated carbocycles. The van der Waals surface area contributed by atoms with E-state index in [1.807, 2.05) is 22.9 Å². The molecule has 1 aromatic heterocycles. The summed E-state index contributed by atoms with van der Waals surface area (Å²) in [7, 11) is 0. The van der Waals surface area contributed by atoms with Gasteiger partial charge in [-0.3, -0.25) is 4.68 Å². The van der Waals surface area contributed by atoms with Gasteiger partial charge in [0, 0.05) is 11.0 Å². The van der Waals surface area contributed by atoms with Gasteiger partial charge in [-0.15, -0.1) is 0 Å². The first kappa shape index (κ1) is 15.6. The highest BCUT2D eigenvalue weighted by Gasteiger charge is 2.31. The lowest BCUT2D eigenvalue weighted by molar-refractivity contribution is 0.352. The number of aryl methyl sites for hydroxylation is 1. The summed E-state index contributed by atoms with van der Waals surface area (Å²) in [5.41, 5.74) is 3.34. The standard InChI is InChI=1S/C18H26N2O/c1-12-10-8-9-11-13(12)14-15(21)16(17(2,3)4)19-20(14)18(5,6)7/h8-11,21H,1-7H3. The van der Waals surface area contributed by atoms with Crippen molar-refractivity contribution in [2.45, 2.75) is 59.4 Å². The molecule has 0 bridgehead atoms. The lowest BCUT2D eigenvalue weighted by Gasteiger charge is -2.23. The second kappa shape index (κ2) is 4.90. The monoisotopic (exact) mass is 286 g/mol. The van der Waals surface area contributed by atoms with E-state index in [1.165, 1.54) is 0 Å². The van der Waals surface area contributed by atoms with Crippen molar-refractivity contribution in [1.29, 1.82) is 0 Å². The molecule has 0 unspecified atom stereocenters. The predicted molar refractivity (Wildman–Crippen MR) is 87.8 cm³/mol. The summed E-state index contributed by atoms with van der Waals surface area (Å²) in [5, 5.41) is 15.5. The van der Waals surface area contributed by atoms with Gasteiger partial charge in [0.1, 0.15) is 11.4 Å². The van der Waals surface area contributed by atoms with E-state index in [4.69, 9.17) is 5.10 Å². The smallest absolute Gasteiger partial charge is 0.165 e. The van der Waals surface area contributed by atoms with E-state index < -0.39 is 0 Å². The number of rotatable bonds is 1. The fraction of sp³-hybridized carbons (Fsp3) is 0.500. The maximum absolute atomic E-state index is 10.8. The van der Waals surface area contributed by atoms with Gasteiger partial charge in [-0.1, -0.05) is 45.0 Å². The molecule has 0 aliphatic carbocycles. The Balaban J connectivity index is 2.82. The van der Waals surface area contributed by atoms with Crippen molar-refractivity contribution in [2.75, 3.05) is 0 Å². The molecule has 0 spiro atoms. The van der Waals surface area contributed by atoms with E-state index in [-0.39, 0.29) is 11.0 Å². The molecule has 1 N–H and O–H groups in total. The van der Waals surface area contributed by atoms with Crippen LogP contribution in [0.5, 0.6) is 5.75 Å². The fourth-order valence-electron chi connectivity index (χ4n) is 2.48. The molecule has 1 heterocycles. The second-order valence-electron chi connectivity index (χ2n) is 7.69. The quantitative estimate of drug-likeness (QED) is 0.831. The molecule has 0 atom stereocenters. The van der Waals surface area contributed by atoms with Crippen LogP contribution in [0.2, 0.25) is 0 Å². The minimum absolute atomic E-state index is 0.196. The molecule has 2 rings (SSSR count). The summed E-state index contributed by atoms with van der Waals surface area (Å²) < 4.78 is 1.95. The van der Waals surface area contributed by atoms with E-state index in [2.05, 4.69) is 54.5 Å². The first-order valence-electron chi connectivity index (χ1n) is 7.42. The average molecular weight is 286 g/mol. The summed E-state index contributed by atoms with van der Waals surface area (Å²) in [4.78, 5) is 0. The zero-order chi connectivity index (χ0) is 16.0. The van der Waals surface area contributed by atoms with Gasteiger partial charge in [0.05, 0.1) is 5.54 Å². The van der Waals surface area contributed by atoms with E-state index in [0.717, 1.165) is 22.5 Å². The van der Waals surface area contributed by atoms with Crippen LogP contribution in [0.15, 0.2) is 24.3 Å². The van der Waals surface area contributed by atoms with Crippen LogP contribution in [0.4, 0.5) is 0 Å². The summed E-state index contributed by atoms with van der Waals surface area (Å²) >= 11 is 0. The minimum atomic E-state index is -0.196. The third-order valence-electron chi connectivity index (χ3n) is 3.61. The van der Waals surface area contributed by atoms with Crippen LogP contribution in [-0.4, -0.2) is 14.9 Å². The van der Waals surface area contributed by atoms with Crippen LogP contribution < -0.4 is 0 Å². The van der Waals surface area contributed by atoms with E-state index in [0.29, 0.717) is 5.75 Å². The van der Waals surface area contributed by atoms with Gasteiger partial charge in [-0.05, 0) is 33.3 Å². The third kappa shape index (κ3) is 2.82. The van der Waals surface area contributed by atoms with Gasteiger partial charge in [0.15, 0.2) is 5.75 Å². The molecule has 3 nitrogen and oxygen atoms in total. The van der Waals surface area contributed by atoms with Crippen LogP contribution in [0, 0.1) is 6.92 Å². The Morgan fingerprint density at radius 3 is 2.05 bits per heavy atom. The van der Waals surface area contributed by atoms with Crippen LogP contribution in [0.3, 0.4) is 0 Å². The summed E-state index contributed by atoms with van der Waals surface area (Å²) in [6, 6.07) is 8.11. The molecular formula is C18H26N2O. The molecule has 3 heteroatoms. The van der Waals surface area contributed by atoms with Crippen molar-refractivity contribution in [3.63, 3.8) is 0 Å². The highest BCUT2D eigenvalue weighted by molar-refractivity contribution is 5.71. The Labute approximate surface area is 127 Å². The molecule has 21 heavy (non-hydrogen) atoms. The van der Waals surface area contributed by atoms with Crippen LogP contribution in [0.25, 0.3) is 11.3 Å². The molecule has 114 valence electrons. The number of hydrogen-bond acceptors (Lipinski definition) is 2. The Kier molecular flexibility index (Phi) is 3.64. The Bertz CT molecular complexity index is 655. The predicted octanol–water partition coefficient (Wildman–Crippen LogP) is 4.62. The summed E-state index contributed by atoms with van der Waals surface area (Å²) in [6.45, 7) is 14.6. The van der Waals surface area contributed by atoms with Crippen molar-refractivity contribution in [3.8, 4) is 17.0 Å². The SMILES string of the molecule is Cc1ccccc1-c1c(O)c(C(C)(C)C)nn1C(C)(C)C. The zero-order valence-electron chi connectivity index (χ0n) is 14.2. The molecule has 1 aromatic carbocycles. The number of nitrogens with zero attached hydrogens (tertiary/aromatic N) is 2. The molecule has 0 amide bonds. The highest BCUT2D eigenvalue weighted by atomic mass is 16.3. The van der Waals surface area contributed by atoms with Gasteiger partial charge in [-0.25, -0.2) is 0 Å². The maximum Gasteiger partial charge on any atom is 0.165 e. The van der Waals surface area contributed by atoms with Crippen LogP contribution >= 0.6 is 0 Å². The van der Waals surface area contributed by atoms with Gasteiger partial charge in [0.25, 0.3) is 0 Å². The van der Waals surface area contributed by atoms with Crippen molar-refractivity contribution < 1.29 is 5.11 Å². The summed E-state index contributed by atoms with van der Waals surface area (Å²) in [6.07, 6.45) is 0. The molecule has 0 fully saturated rings. The summed E-state index contributed by atoms with van der Waals surface area (Å²) in [5.74, 6) is 0.298. The molecule has 0 aliphatic rings. The van der Waals surface area contributed by atoms with E-state index >= 15 is 0 Å². The Morgan fingerprint density at radius 2 is 1.57 bits per heavy atom. The van der Waals surface area contributed by atoms with Gasteiger partial charge in [-0.2, -0.15) is 5.10 Å². The highest BCUT2D eigenvalue weighted by Crippen LogP contribution is 2.41. The molecule has 0 radical (unpaired) electrons. The fourth-order valence-corrected chi connectivity index (χ4v) is 2.48. The first-order valence-corrected chi connectivity index (χ1v) is 7.42. The second-order valence-corrected chi connectivity index (χ2v) is 7.69. The Hall–Kier alpha value is -1.77. The van der Waals surface area contributed by atoms with Crippen molar-refractivity contribution in [1.82, 2.24) is 9.78 Å². The topological polar surface area (TPSA) is 38.1 Å². The van der Waals surface area contributed by atoms with Crippen molar-refractivity contribution in [3.05, 3.63) is 35.5 Å². The lowest BCUT2D eigenvalue weighted by atomic mass is 9.90. The number of hydrogen-bond donors (Lipinski definition) is 1. The number of benzene rings is 1. The van der Waals surface area contributed by atoms with Gasteiger partial charge >= 0.3 is 0 Å². The zero-order valence-corrected chi connectivity index (χ0v) is 14.2. The number of aromatic hydroxyl groups is 1. The largest absolute Gasteiger partial charge is 0.504 e. The molecule has 2 aromatic rings. The molecular weight excluding hydrogens is 260 g/mol. The first-order chi connectivity index (χ1) is 9.53. The van der Waals surface area contributed by atoms with E-state index in [1.54, 1.807) is 0 Å². The normalized spacial score (nSPS) is 12.7. The minimum Gasteiger partial charge on any atom is -0.504 e. The average Bonchev–Trinajstić information content (AvgIpc) is 2.67. The number of aromatic nitrogens is 2. The third-order valence-corrected chi connectivity index (χ3v) is 3.61. The van der Waals surface area contributed by atoms with Gasteiger partial charge in [0.2, 0.25) is 0 Å². The van der Waals surface area contributed by atoms with Crippen LogP contribution in [0.1, 0.15) is 52.8 Å². The maximum atomic E-state index is 10.8. The molecule has 0 saturated heterocycles. The molecule has 0 aliphatic heterocycles. The van der Waals surface area contributed by atoms with Crippen LogP contribution in [-0.2, 0) is 11.0 Å².